The van der Waals surface area contributed by atoms with Crippen molar-refractivity contribution in [3.63, 3.8) is 0 Å². The number of benzene rings is 2. The maximum absolute atomic E-state index is 12.7. The third-order valence-electron chi connectivity index (χ3n) is 4.11. The van der Waals surface area contributed by atoms with Gasteiger partial charge >= 0.3 is 6.18 Å². The number of hydrogen-bond acceptors (Lipinski definition) is 4. The van der Waals surface area contributed by atoms with Crippen LogP contribution in [0.2, 0.25) is 5.02 Å². The number of carbonyl (C=O) groups excluding carboxylic acids is 2. The van der Waals surface area contributed by atoms with E-state index in [-0.39, 0.29) is 23.0 Å². The van der Waals surface area contributed by atoms with Gasteiger partial charge in [0.2, 0.25) is 0 Å². The fourth-order valence-electron chi connectivity index (χ4n) is 2.65. The highest BCUT2D eigenvalue weighted by Gasteiger charge is 2.27. The molecule has 1 N–H and O–H groups in total. The third kappa shape index (κ3) is 6.03. The molecule has 0 aliphatic heterocycles. The summed E-state index contributed by atoms with van der Waals surface area (Å²) in [7, 11) is 4.44. The van der Waals surface area contributed by atoms with Crippen molar-refractivity contribution in [2.24, 2.45) is 0 Å². The summed E-state index contributed by atoms with van der Waals surface area (Å²) in [6.07, 6.45) is -4.48. The zero-order chi connectivity index (χ0) is 22.5. The monoisotopic (exact) mass is 444 g/mol. The summed E-state index contributed by atoms with van der Waals surface area (Å²) in [6.45, 7) is -1.20. The van der Waals surface area contributed by atoms with Crippen LogP contribution in [0.15, 0.2) is 36.4 Å². The summed E-state index contributed by atoms with van der Waals surface area (Å²) in [5.74, 6) is -0.526. The van der Waals surface area contributed by atoms with Crippen LogP contribution < -0.4 is 14.8 Å². The number of ether oxygens (including phenoxy) is 2. The van der Waals surface area contributed by atoms with Gasteiger partial charge in [-0.25, -0.2) is 0 Å². The second-order valence-electron chi connectivity index (χ2n) is 6.35. The molecule has 2 amide bonds. The molecule has 0 radical (unpaired) electrons. The predicted molar refractivity (Wildman–Crippen MR) is 105 cm³/mol. The zero-order valence-corrected chi connectivity index (χ0v) is 17.2. The van der Waals surface area contributed by atoms with E-state index in [1.807, 2.05) is 0 Å². The minimum absolute atomic E-state index is 0.0867. The standard InChI is InChI=1S/C20H20ClF3N2O4/c1-26(19(28)14-8-15(21)17(30-3)16(9-14)29-2)10-12-4-6-13(7-5-12)18(27)25-11-20(22,23)24/h4-9H,10-11H2,1-3H3,(H,25,27). The van der Waals surface area contributed by atoms with Crippen molar-refractivity contribution in [3.8, 4) is 11.5 Å². The molecule has 0 atom stereocenters. The SMILES string of the molecule is COc1cc(C(=O)N(C)Cc2ccc(C(=O)NCC(F)(F)F)cc2)cc(Cl)c1OC. The van der Waals surface area contributed by atoms with Gasteiger partial charge < -0.3 is 19.7 Å². The number of nitrogens with zero attached hydrogens (tertiary/aromatic N) is 1. The number of amides is 2. The molecule has 0 heterocycles. The molecule has 0 spiro atoms. The van der Waals surface area contributed by atoms with E-state index in [9.17, 15) is 22.8 Å². The number of hydrogen-bond donors (Lipinski definition) is 1. The molecule has 0 unspecified atom stereocenters. The molecule has 0 aliphatic rings. The molecular weight excluding hydrogens is 425 g/mol. The summed E-state index contributed by atoms with van der Waals surface area (Å²) in [4.78, 5) is 25.9. The Morgan fingerprint density at radius 1 is 1.07 bits per heavy atom. The Hall–Kier alpha value is -2.94. The van der Waals surface area contributed by atoms with Gasteiger partial charge in [0.05, 0.1) is 19.2 Å². The van der Waals surface area contributed by atoms with E-state index in [4.69, 9.17) is 21.1 Å². The maximum atomic E-state index is 12.7. The number of halogens is 4. The first-order valence-electron chi connectivity index (χ1n) is 8.66. The third-order valence-corrected chi connectivity index (χ3v) is 4.39. The summed E-state index contributed by atoms with van der Waals surface area (Å²) in [6, 6.07) is 8.90. The van der Waals surface area contributed by atoms with Gasteiger partial charge in [-0.1, -0.05) is 23.7 Å². The number of carbonyl (C=O) groups is 2. The van der Waals surface area contributed by atoms with E-state index in [2.05, 4.69) is 0 Å². The molecule has 0 saturated carbocycles. The van der Waals surface area contributed by atoms with Gasteiger partial charge in [0.15, 0.2) is 11.5 Å². The van der Waals surface area contributed by atoms with E-state index < -0.39 is 18.6 Å². The first kappa shape index (κ1) is 23.3. The van der Waals surface area contributed by atoms with Gasteiger partial charge in [-0.3, -0.25) is 9.59 Å². The van der Waals surface area contributed by atoms with E-state index in [1.165, 1.54) is 43.4 Å². The van der Waals surface area contributed by atoms with Crippen LogP contribution in [-0.4, -0.2) is 50.7 Å². The van der Waals surface area contributed by atoms with Crippen molar-refractivity contribution in [2.75, 3.05) is 27.8 Å². The smallest absolute Gasteiger partial charge is 0.405 e. The molecule has 0 bridgehead atoms. The second kappa shape index (κ2) is 9.71. The summed E-state index contributed by atoms with van der Waals surface area (Å²) < 4.78 is 46.9. The average molecular weight is 445 g/mol. The van der Waals surface area contributed by atoms with Gasteiger partial charge in [0.25, 0.3) is 11.8 Å². The maximum Gasteiger partial charge on any atom is 0.405 e. The van der Waals surface area contributed by atoms with Crippen molar-refractivity contribution >= 4 is 23.4 Å². The summed E-state index contributed by atoms with van der Waals surface area (Å²) in [5.41, 5.74) is 1.07. The van der Waals surface area contributed by atoms with Crippen molar-refractivity contribution in [1.29, 1.82) is 0 Å². The molecule has 30 heavy (non-hydrogen) atoms. The van der Waals surface area contributed by atoms with E-state index in [0.29, 0.717) is 22.6 Å². The van der Waals surface area contributed by atoms with Crippen LogP contribution in [-0.2, 0) is 6.54 Å². The van der Waals surface area contributed by atoms with Crippen LogP contribution in [0.3, 0.4) is 0 Å². The van der Waals surface area contributed by atoms with Gasteiger partial charge in [-0.05, 0) is 29.8 Å². The fourth-order valence-corrected chi connectivity index (χ4v) is 2.94. The van der Waals surface area contributed by atoms with Gasteiger partial charge in [0.1, 0.15) is 6.54 Å². The Bertz CT molecular complexity index is 918. The Balaban J connectivity index is 2.07. The van der Waals surface area contributed by atoms with Crippen molar-refractivity contribution < 1.29 is 32.2 Å². The Morgan fingerprint density at radius 2 is 1.70 bits per heavy atom. The normalized spacial score (nSPS) is 11.0. The molecule has 6 nitrogen and oxygen atoms in total. The molecule has 0 aliphatic carbocycles. The average Bonchev–Trinajstić information content (AvgIpc) is 2.70. The first-order chi connectivity index (χ1) is 14.1. The first-order valence-corrected chi connectivity index (χ1v) is 9.04. The van der Waals surface area contributed by atoms with E-state index >= 15 is 0 Å². The van der Waals surface area contributed by atoms with Gasteiger partial charge in [-0.2, -0.15) is 13.2 Å². The van der Waals surface area contributed by atoms with Crippen LogP contribution in [0.25, 0.3) is 0 Å². The summed E-state index contributed by atoms with van der Waals surface area (Å²) in [5, 5.41) is 2.03. The van der Waals surface area contributed by atoms with Crippen molar-refractivity contribution in [2.45, 2.75) is 12.7 Å². The fraction of sp³-hybridized carbons (Fsp3) is 0.300. The van der Waals surface area contributed by atoms with Crippen LogP contribution in [0.1, 0.15) is 26.3 Å². The molecule has 2 aromatic carbocycles. The van der Waals surface area contributed by atoms with Crippen LogP contribution in [0.4, 0.5) is 13.2 Å². The minimum atomic E-state index is -4.48. The van der Waals surface area contributed by atoms with Crippen molar-refractivity contribution in [3.05, 3.63) is 58.1 Å². The summed E-state index contributed by atoms with van der Waals surface area (Å²) >= 11 is 6.14. The quantitative estimate of drug-likeness (QED) is 0.703. The largest absolute Gasteiger partial charge is 0.493 e. The molecule has 0 aromatic heterocycles. The molecule has 0 saturated heterocycles. The highest BCUT2D eigenvalue weighted by atomic mass is 35.5. The van der Waals surface area contributed by atoms with Crippen molar-refractivity contribution in [1.82, 2.24) is 10.2 Å². The van der Waals surface area contributed by atoms with Gasteiger partial charge in [0, 0.05) is 24.7 Å². The Morgan fingerprint density at radius 3 is 2.23 bits per heavy atom. The number of rotatable bonds is 7. The highest BCUT2D eigenvalue weighted by molar-refractivity contribution is 6.32. The second-order valence-corrected chi connectivity index (χ2v) is 6.76. The molecule has 2 aromatic rings. The van der Waals surface area contributed by atoms with E-state index in [1.54, 1.807) is 24.5 Å². The lowest BCUT2D eigenvalue weighted by molar-refractivity contribution is -0.123. The molecular formula is C20H20ClF3N2O4. The molecule has 162 valence electrons. The minimum Gasteiger partial charge on any atom is -0.493 e. The number of methoxy groups -OCH3 is 2. The number of alkyl halides is 3. The van der Waals surface area contributed by atoms with Gasteiger partial charge in [-0.15, -0.1) is 0 Å². The van der Waals surface area contributed by atoms with Crippen LogP contribution in [0, 0.1) is 0 Å². The Kier molecular flexibility index (Phi) is 7.55. The zero-order valence-electron chi connectivity index (χ0n) is 16.5. The molecule has 10 heteroatoms. The Labute approximate surface area is 176 Å². The molecule has 2 rings (SSSR count). The molecule has 0 fully saturated rings. The lowest BCUT2D eigenvalue weighted by Crippen LogP contribution is -2.33. The topological polar surface area (TPSA) is 67.9 Å². The highest BCUT2D eigenvalue weighted by Crippen LogP contribution is 2.36. The lowest BCUT2D eigenvalue weighted by atomic mass is 10.1. The lowest BCUT2D eigenvalue weighted by Gasteiger charge is -2.19. The predicted octanol–water partition coefficient (Wildman–Crippen LogP) is 3.92. The van der Waals surface area contributed by atoms with Crippen LogP contribution >= 0.6 is 11.6 Å². The van der Waals surface area contributed by atoms with Crippen LogP contribution in [0.5, 0.6) is 11.5 Å². The number of nitrogens with one attached hydrogen (secondary N) is 1. The van der Waals surface area contributed by atoms with E-state index in [0.717, 1.165) is 0 Å².